The number of benzene rings is 6. The van der Waals surface area contributed by atoms with Crippen LogP contribution in [0.3, 0.4) is 0 Å². The number of likely N-dealkylation sites (tertiary alicyclic amines) is 2. The summed E-state index contributed by atoms with van der Waals surface area (Å²) < 4.78 is 205. The van der Waals surface area contributed by atoms with Gasteiger partial charge in [0.25, 0.3) is 0 Å². The SMILES string of the molecule is CCOC(=O)C[C@@H]1[C@@H](NC(=O)OC(C)(C)C)CC[C@@](CO[C@H](C)c2cc(C(F)(F)F)cc(C(F)(F)F)c2)(c2ccccc2)N1C(=O)OCc1ccccc1.C[C@@H](OC[C@@]1(c2ccccc2)CC[C@H](NC(=O)OC(C)(C)C)[C@@H](CCO)N1C(=O)OCc1ccccc1)c1cc(C(F)(F)F)cc(C(F)(F)F)c1.[AlH3].[H-].[Li+]. The molecule has 6 aromatic rings. The predicted octanol–water partition coefficient (Wildman–Crippen LogP) is 14.1. The van der Waals surface area contributed by atoms with Crippen molar-refractivity contribution in [1.82, 2.24) is 20.4 Å². The normalized spacial score (nSPS) is 19.7. The molecule has 580 valence electrons. The van der Waals surface area contributed by atoms with Crippen LogP contribution in [0.25, 0.3) is 0 Å². The molecule has 0 bridgehead atoms. The maximum absolute atomic E-state index is 14.5. The van der Waals surface area contributed by atoms with Crippen LogP contribution in [0.4, 0.5) is 71.9 Å². The van der Waals surface area contributed by atoms with E-state index in [0.29, 0.717) is 46.5 Å². The molecule has 4 amide bonds. The Bertz CT molecular complexity index is 3800. The van der Waals surface area contributed by atoms with Crippen molar-refractivity contribution < 1.29 is 135 Å². The topological polar surface area (TPSA) is 201 Å². The summed E-state index contributed by atoms with van der Waals surface area (Å²) in [6, 6.07) is 33.3. The van der Waals surface area contributed by atoms with E-state index in [1.165, 1.54) is 23.6 Å². The van der Waals surface area contributed by atoms with Crippen LogP contribution in [0.5, 0.6) is 0 Å². The summed E-state index contributed by atoms with van der Waals surface area (Å²) in [5.74, 6) is -0.707. The number of hydrogen-bond acceptors (Lipinski definition) is 13. The summed E-state index contributed by atoms with van der Waals surface area (Å²) in [6.45, 7) is 12.7. The number of carbonyl (C=O) groups is 5. The fraction of sp³-hybridized carbons (Fsp3) is 0.461. The number of alkyl halides is 12. The molecule has 107 heavy (non-hydrogen) atoms. The van der Waals surface area contributed by atoms with Gasteiger partial charge in [0.2, 0.25) is 0 Å². The Balaban J connectivity index is 0.000000445. The second kappa shape index (κ2) is 37.9. The zero-order valence-electron chi connectivity index (χ0n) is 61.2. The summed E-state index contributed by atoms with van der Waals surface area (Å²) in [4.78, 5) is 70.7. The van der Waals surface area contributed by atoms with Gasteiger partial charge in [0.15, 0.2) is 17.4 Å². The number of amides is 4. The zero-order valence-corrected chi connectivity index (χ0v) is 60.2. The van der Waals surface area contributed by atoms with Crippen LogP contribution in [0.1, 0.15) is 170 Å². The van der Waals surface area contributed by atoms with E-state index in [2.05, 4.69) is 10.6 Å². The van der Waals surface area contributed by atoms with Gasteiger partial charge >= 0.3 is 73.9 Å². The van der Waals surface area contributed by atoms with Crippen molar-refractivity contribution in [3.63, 3.8) is 0 Å². The summed E-state index contributed by atoms with van der Waals surface area (Å²) in [6.07, 6.45) is -26.2. The molecule has 6 aromatic carbocycles. The average molecular weight is 1530 g/mol. The quantitative estimate of drug-likeness (QED) is 0.0266. The maximum atomic E-state index is 14.5. The van der Waals surface area contributed by atoms with Crippen LogP contribution in [0, 0.1) is 0 Å². The van der Waals surface area contributed by atoms with Crippen LogP contribution >= 0.6 is 0 Å². The zero-order chi connectivity index (χ0) is 77.5. The number of hydrogen-bond donors (Lipinski definition) is 3. The predicted molar refractivity (Wildman–Crippen MR) is 371 cm³/mol. The number of esters is 1. The molecule has 31 heteroatoms. The van der Waals surface area contributed by atoms with Gasteiger partial charge in [-0.05, 0) is 164 Å². The number of halogens is 12. The van der Waals surface area contributed by atoms with Crippen LogP contribution in [0.2, 0.25) is 0 Å². The molecule has 2 aliphatic rings. The van der Waals surface area contributed by atoms with E-state index in [-0.39, 0.29) is 107 Å². The molecule has 0 aliphatic carbocycles. The van der Waals surface area contributed by atoms with Gasteiger partial charge in [0, 0.05) is 6.61 Å². The molecule has 0 spiro atoms. The Morgan fingerprint density at radius 2 is 0.822 bits per heavy atom. The van der Waals surface area contributed by atoms with Crippen LogP contribution in [-0.4, -0.2) is 124 Å². The Morgan fingerprint density at radius 1 is 0.505 bits per heavy atom. The number of nitrogens with one attached hydrogen (secondary N) is 2. The average Bonchev–Trinajstić information content (AvgIpc) is 0.745. The van der Waals surface area contributed by atoms with Gasteiger partial charge in [-0.25, -0.2) is 19.2 Å². The first-order valence-corrected chi connectivity index (χ1v) is 33.8. The number of piperidine rings is 2. The second-order valence-electron chi connectivity index (χ2n) is 27.4. The van der Waals surface area contributed by atoms with Crippen molar-refractivity contribution in [2.75, 3.05) is 26.4 Å². The van der Waals surface area contributed by atoms with Crippen LogP contribution < -0.4 is 29.5 Å². The molecule has 2 heterocycles. The minimum Gasteiger partial charge on any atom is -1.00 e. The fourth-order valence-corrected chi connectivity index (χ4v) is 12.6. The van der Waals surface area contributed by atoms with Gasteiger partial charge in [0.05, 0.1) is 95.9 Å². The van der Waals surface area contributed by atoms with Crippen LogP contribution in [0.15, 0.2) is 158 Å². The molecule has 0 radical (unpaired) electrons. The Labute approximate surface area is 637 Å². The first kappa shape index (κ1) is 89.7. The van der Waals surface area contributed by atoms with E-state index in [9.17, 15) is 81.8 Å². The molecule has 0 saturated carbocycles. The maximum Gasteiger partial charge on any atom is 1.00 e. The third kappa shape index (κ3) is 25.0. The Hall–Kier alpha value is -7.96. The van der Waals surface area contributed by atoms with Crippen molar-refractivity contribution in [3.8, 4) is 0 Å². The minimum atomic E-state index is -5.08. The van der Waals surface area contributed by atoms with Crippen molar-refractivity contribution in [3.05, 3.63) is 213 Å². The largest absolute Gasteiger partial charge is 1.00 e. The summed E-state index contributed by atoms with van der Waals surface area (Å²) >= 11 is 0. The van der Waals surface area contributed by atoms with Gasteiger partial charge < -0.3 is 50.3 Å². The molecule has 17 nitrogen and oxygen atoms in total. The van der Waals surface area contributed by atoms with E-state index in [1.807, 2.05) is 0 Å². The molecule has 2 fully saturated rings. The van der Waals surface area contributed by atoms with Gasteiger partial charge in [0.1, 0.15) is 24.4 Å². The first-order valence-electron chi connectivity index (χ1n) is 33.8. The summed E-state index contributed by atoms with van der Waals surface area (Å²) in [5, 5.41) is 15.8. The van der Waals surface area contributed by atoms with E-state index >= 15 is 0 Å². The van der Waals surface area contributed by atoms with Gasteiger partial charge in [-0.15, -0.1) is 0 Å². The smallest absolute Gasteiger partial charge is 1.00 e. The minimum absolute atomic E-state index is 0. The van der Waals surface area contributed by atoms with E-state index in [0.717, 1.165) is 0 Å². The van der Waals surface area contributed by atoms with Crippen molar-refractivity contribution in [2.45, 2.75) is 197 Å². The fourth-order valence-electron chi connectivity index (χ4n) is 12.6. The van der Waals surface area contributed by atoms with E-state index < -0.39 is 168 Å². The monoisotopic (exact) mass is 1530 g/mol. The number of ether oxygens (including phenoxy) is 7. The van der Waals surface area contributed by atoms with Gasteiger partial charge in [-0.1, -0.05) is 121 Å². The van der Waals surface area contributed by atoms with Crippen molar-refractivity contribution in [2.24, 2.45) is 0 Å². The number of carbonyl (C=O) groups excluding carboxylic acids is 5. The molecule has 2 aliphatic heterocycles. The molecule has 2 saturated heterocycles. The molecule has 8 atom stereocenters. The first-order chi connectivity index (χ1) is 49.1. The second-order valence-corrected chi connectivity index (χ2v) is 27.4. The van der Waals surface area contributed by atoms with E-state index in [1.54, 1.807) is 170 Å². The third-order valence-corrected chi connectivity index (χ3v) is 17.5. The summed E-state index contributed by atoms with van der Waals surface area (Å²) in [7, 11) is 0. The van der Waals surface area contributed by atoms with E-state index in [4.69, 9.17) is 33.2 Å². The van der Waals surface area contributed by atoms with Gasteiger partial charge in [-0.3, -0.25) is 14.6 Å². The molecule has 3 N–H and O–H groups in total. The molecule has 8 rings (SSSR count). The number of aliphatic hydroxyl groups is 1. The standard InChI is InChI=1S/C39H44F6N2O7.C37H42F6N2O6.Al.Li.4H/c1-6-51-33(48)22-32-31(46-34(49)54-36(3,4)5)17-18-37(28-15-11-8-12-16-28,47(32)35(50)52-23-26-13-9-7-10-14-26)24-53-25(2)27-19-29(38(40,41)42)21-30(20-27)39(43,44)45;1-24(26-19-28(36(38,39)40)21-29(20-26)37(41,42)43)50-23-35(27-13-9-6-10-14-27)17-15-30(44-32(47)51-34(2,3)4)31(16-18-46)45(35)33(48)49-22-25-11-7-5-8-12-25;;;;;;/h7-16,19-21,25,31-32H,6,17-18,22-24H2,1-5H3,(H,46,49);5-14,19-21,24,30-31,46H,15-18,22-23H2,1-4H3,(H,44,47);;;;;;/q;;;+1;;;;-1/t25-,31+,32-,37-;24-,30+,31-,35-;;;;;;/m11....../s1. The number of nitrogens with zero attached hydrogens (tertiary/aromatic N) is 2. The van der Waals surface area contributed by atoms with Gasteiger partial charge in [-0.2, -0.15) is 52.7 Å². The van der Waals surface area contributed by atoms with Crippen LogP contribution in [-0.2, 0) is 86.9 Å². The third-order valence-electron chi connectivity index (χ3n) is 17.5. The Kier molecular flexibility index (Phi) is 31.8. The van der Waals surface area contributed by atoms with Crippen molar-refractivity contribution in [1.29, 1.82) is 0 Å². The van der Waals surface area contributed by atoms with Crippen molar-refractivity contribution >= 4 is 47.7 Å². The number of aliphatic hydroxyl groups excluding tert-OH is 1. The number of rotatable bonds is 21. The molecule has 0 aromatic heterocycles. The number of alkyl carbamates (subject to hydrolysis) is 2. The summed E-state index contributed by atoms with van der Waals surface area (Å²) in [5.41, 5.74) is -9.11. The molecule has 0 unspecified atom stereocenters. The molecular formula is C76H90AlF12LiN4O13. The Morgan fingerprint density at radius 3 is 1.13 bits per heavy atom. The molecular weight excluding hydrogens is 1440 g/mol.